The molecule has 1 aromatic rings. The Morgan fingerprint density at radius 2 is 1.83 bits per heavy atom. The van der Waals surface area contributed by atoms with Crippen LogP contribution in [0.5, 0.6) is 0 Å². The molecule has 0 saturated carbocycles. The maximum absolute atomic E-state index is 11.9. The van der Waals surface area contributed by atoms with Gasteiger partial charge in [-0.1, -0.05) is 30.3 Å². The number of rotatable bonds is 6. The van der Waals surface area contributed by atoms with Gasteiger partial charge in [-0.2, -0.15) is 0 Å². The van der Waals surface area contributed by atoms with Crippen LogP contribution in [-0.2, 0) is 11.3 Å². The maximum Gasteiger partial charge on any atom is 0.237 e. The largest absolute Gasteiger partial charge is 0.353 e. The molecule has 5 nitrogen and oxygen atoms in total. The standard InChI is InChI=1S/C18H28N4O.ClH/c23-18(17-7-4-8-19-17)20-9-10-21-11-13-22(14-12-21)15-16-5-2-1-3-6-16;/h1-3,5-6,17,19H,4,7-15H2,(H,20,23);1H. The number of nitrogens with one attached hydrogen (secondary N) is 2. The number of hydrogen-bond donors (Lipinski definition) is 2. The Labute approximate surface area is 151 Å². The van der Waals surface area contributed by atoms with Gasteiger partial charge in [0.05, 0.1) is 6.04 Å². The van der Waals surface area contributed by atoms with Gasteiger partial charge in [-0.05, 0) is 24.9 Å². The van der Waals surface area contributed by atoms with E-state index in [4.69, 9.17) is 0 Å². The molecule has 0 bridgehead atoms. The summed E-state index contributed by atoms with van der Waals surface area (Å²) in [6, 6.07) is 10.7. The zero-order valence-electron chi connectivity index (χ0n) is 14.2. The van der Waals surface area contributed by atoms with Crippen molar-refractivity contribution < 1.29 is 4.79 Å². The number of nitrogens with zero attached hydrogens (tertiary/aromatic N) is 2. The zero-order valence-corrected chi connectivity index (χ0v) is 15.1. The molecule has 0 aromatic heterocycles. The first kappa shape index (κ1) is 19.2. The molecule has 2 saturated heterocycles. The van der Waals surface area contributed by atoms with Crippen molar-refractivity contribution in [3.63, 3.8) is 0 Å². The fraction of sp³-hybridized carbons (Fsp3) is 0.611. The van der Waals surface area contributed by atoms with Gasteiger partial charge in [-0.25, -0.2) is 0 Å². The molecule has 0 spiro atoms. The number of amides is 1. The Kier molecular flexibility index (Phi) is 7.99. The molecule has 3 rings (SSSR count). The molecule has 1 aromatic carbocycles. The molecule has 2 heterocycles. The van der Waals surface area contributed by atoms with Crippen molar-refractivity contribution in [3.05, 3.63) is 35.9 Å². The fourth-order valence-electron chi connectivity index (χ4n) is 3.38. The summed E-state index contributed by atoms with van der Waals surface area (Å²) >= 11 is 0. The molecular formula is C18H29ClN4O. The molecule has 134 valence electrons. The molecule has 2 aliphatic rings. The molecule has 2 fully saturated rings. The van der Waals surface area contributed by atoms with Gasteiger partial charge in [0.1, 0.15) is 0 Å². The summed E-state index contributed by atoms with van der Waals surface area (Å²) in [5, 5.41) is 6.31. The van der Waals surface area contributed by atoms with Gasteiger partial charge < -0.3 is 10.6 Å². The number of hydrogen-bond acceptors (Lipinski definition) is 4. The first-order valence-electron chi connectivity index (χ1n) is 8.81. The fourth-order valence-corrected chi connectivity index (χ4v) is 3.38. The number of carbonyl (C=O) groups excluding carboxylic acids is 1. The summed E-state index contributed by atoms with van der Waals surface area (Å²) in [4.78, 5) is 16.9. The molecule has 0 radical (unpaired) electrons. The third kappa shape index (κ3) is 5.74. The van der Waals surface area contributed by atoms with Gasteiger partial charge >= 0.3 is 0 Å². The minimum atomic E-state index is 0. The van der Waals surface area contributed by atoms with Crippen LogP contribution >= 0.6 is 12.4 Å². The second-order valence-electron chi connectivity index (χ2n) is 6.54. The molecule has 6 heteroatoms. The van der Waals surface area contributed by atoms with Crippen molar-refractivity contribution in [1.82, 2.24) is 20.4 Å². The van der Waals surface area contributed by atoms with E-state index in [2.05, 4.69) is 50.8 Å². The molecule has 2 aliphatic heterocycles. The highest BCUT2D eigenvalue weighted by Crippen LogP contribution is 2.08. The lowest BCUT2D eigenvalue weighted by Gasteiger charge is -2.34. The predicted octanol–water partition coefficient (Wildman–Crippen LogP) is 1.09. The molecule has 1 amide bonds. The Balaban J connectivity index is 0.00000208. The highest BCUT2D eigenvalue weighted by Gasteiger charge is 2.22. The molecule has 0 aliphatic carbocycles. The van der Waals surface area contributed by atoms with Crippen LogP contribution in [0, 0.1) is 0 Å². The van der Waals surface area contributed by atoms with Crippen LogP contribution in [0.1, 0.15) is 18.4 Å². The Morgan fingerprint density at radius 1 is 1.12 bits per heavy atom. The van der Waals surface area contributed by atoms with Crippen molar-refractivity contribution >= 4 is 18.3 Å². The van der Waals surface area contributed by atoms with Crippen molar-refractivity contribution in [1.29, 1.82) is 0 Å². The van der Waals surface area contributed by atoms with Crippen LogP contribution in [0.3, 0.4) is 0 Å². The molecule has 24 heavy (non-hydrogen) atoms. The Bertz CT molecular complexity index is 485. The van der Waals surface area contributed by atoms with E-state index < -0.39 is 0 Å². The van der Waals surface area contributed by atoms with Crippen molar-refractivity contribution in [2.45, 2.75) is 25.4 Å². The van der Waals surface area contributed by atoms with E-state index in [0.29, 0.717) is 0 Å². The van der Waals surface area contributed by atoms with Crippen LogP contribution in [0.25, 0.3) is 0 Å². The van der Waals surface area contributed by atoms with Gasteiger partial charge in [0.2, 0.25) is 5.91 Å². The van der Waals surface area contributed by atoms with E-state index in [0.717, 1.165) is 65.2 Å². The monoisotopic (exact) mass is 352 g/mol. The van der Waals surface area contributed by atoms with E-state index in [-0.39, 0.29) is 24.4 Å². The lowest BCUT2D eigenvalue weighted by Crippen LogP contribution is -2.49. The van der Waals surface area contributed by atoms with Crippen LogP contribution in [0.2, 0.25) is 0 Å². The van der Waals surface area contributed by atoms with E-state index in [1.54, 1.807) is 0 Å². The highest BCUT2D eigenvalue weighted by atomic mass is 35.5. The SMILES string of the molecule is Cl.O=C(NCCN1CCN(Cc2ccccc2)CC1)C1CCCN1. The number of carbonyl (C=O) groups is 1. The van der Waals surface area contributed by atoms with Gasteiger partial charge in [0.15, 0.2) is 0 Å². The van der Waals surface area contributed by atoms with Crippen molar-refractivity contribution in [2.24, 2.45) is 0 Å². The summed E-state index contributed by atoms with van der Waals surface area (Å²) < 4.78 is 0. The summed E-state index contributed by atoms with van der Waals surface area (Å²) in [5.41, 5.74) is 1.39. The average Bonchev–Trinajstić information content (AvgIpc) is 3.12. The number of benzene rings is 1. The molecule has 2 N–H and O–H groups in total. The smallest absolute Gasteiger partial charge is 0.237 e. The van der Waals surface area contributed by atoms with Gasteiger partial charge in [-0.15, -0.1) is 12.4 Å². The minimum Gasteiger partial charge on any atom is -0.353 e. The van der Waals surface area contributed by atoms with E-state index >= 15 is 0 Å². The molecule has 1 atom stereocenters. The summed E-state index contributed by atoms with van der Waals surface area (Å²) in [7, 11) is 0. The lowest BCUT2D eigenvalue weighted by atomic mass is 10.2. The third-order valence-corrected chi connectivity index (χ3v) is 4.82. The Morgan fingerprint density at radius 3 is 2.50 bits per heavy atom. The topological polar surface area (TPSA) is 47.6 Å². The van der Waals surface area contributed by atoms with Crippen LogP contribution < -0.4 is 10.6 Å². The summed E-state index contributed by atoms with van der Waals surface area (Å²) in [6.07, 6.45) is 2.09. The van der Waals surface area contributed by atoms with Crippen LogP contribution in [-0.4, -0.2) is 67.6 Å². The average molecular weight is 353 g/mol. The van der Waals surface area contributed by atoms with Gasteiger partial charge in [0.25, 0.3) is 0 Å². The zero-order chi connectivity index (χ0) is 15.9. The second-order valence-corrected chi connectivity index (χ2v) is 6.54. The predicted molar refractivity (Wildman–Crippen MR) is 99.4 cm³/mol. The lowest BCUT2D eigenvalue weighted by molar-refractivity contribution is -0.122. The van der Waals surface area contributed by atoms with E-state index in [9.17, 15) is 4.79 Å². The number of halogens is 1. The normalized spacial score (nSPS) is 22.1. The third-order valence-electron chi connectivity index (χ3n) is 4.82. The first-order valence-corrected chi connectivity index (χ1v) is 8.81. The summed E-state index contributed by atoms with van der Waals surface area (Å²) in [6.45, 7) is 8.11. The summed E-state index contributed by atoms with van der Waals surface area (Å²) in [5.74, 6) is 0.171. The Hall–Kier alpha value is -1.14. The highest BCUT2D eigenvalue weighted by molar-refractivity contribution is 5.85. The molecule has 1 unspecified atom stereocenters. The van der Waals surface area contributed by atoms with Gasteiger partial charge in [0, 0.05) is 45.8 Å². The minimum absolute atomic E-state index is 0. The van der Waals surface area contributed by atoms with E-state index in [1.165, 1.54) is 5.56 Å². The van der Waals surface area contributed by atoms with Gasteiger partial charge in [-0.3, -0.25) is 14.6 Å². The van der Waals surface area contributed by atoms with Crippen molar-refractivity contribution in [2.75, 3.05) is 45.8 Å². The first-order chi connectivity index (χ1) is 11.3. The van der Waals surface area contributed by atoms with Crippen molar-refractivity contribution in [3.8, 4) is 0 Å². The maximum atomic E-state index is 11.9. The van der Waals surface area contributed by atoms with E-state index in [1.807, 2.05) is 0 Å². The quantitative estimate of drug-likeness (QED) is 0.804. The molecular weight excluding hydrogens is 324 g/mol. The van der Waals surface area contributed by atoms with Crippen LogP contribution in [0.15, 0.2) is 30.3 Å². The second kappa shape index (κ2) is 9.99. The van der Waals surface area contributed by atoms with Crippen LogP contribution in [0.4, 0.5) is 0 Å². The number of piperazine rings is 1.